The van der Waals surface area contributed by atoms with Gasteiger partial charge in [0.15, 0.2) is 5.11 Å². The Hall–Kier alpha value is -3.19. The molecule has 2 atom stereocenters. The van der Waals surface area contributed by atoms with Crippen LogP contribution in [-0.2, 0) is 11.8 Å². The third kappa shape index (κ3) is 4.25. The van der Waals surface area contributed by atoms with Crippen LogP contribution in [0.2, 0.25) is 0 Å². The van der Waals surface area contributed by atoms with E-state index in [9.17, 15) is 4.79 Å². The zero-order chi connectivity index (χ0) is 23.9. The average Bonchev–Trinajstić information content (AvgIpc) is 3.26. The van der Waals surface area contributed by atoms with Crippen LogP contribution in [0.25, 0.3) is 0 Å². The normalized spacial score (nSPS) is 18.0. The van der Waals surface area contributed by atoms with Gasteiger partial charge in [-0.3, -0.25) is 9.78 Å². The number of pyridine rings is 1. The van der Waals surface area contributed by atoms with Gasteiger partial charge in [-0.15, -0.1) is 0 Å². The van der Waals surface area contributed by atoms with E-state index in [1.54, 1.807) is 0 Å². The lowest BCUT2D eigenvalue weighted by Gasteiger charge is -2.28. The van der Waals surface area contributed by atoms with E-state index in [0.717, 1.165) is 22.6 Å². The molecule has 172 valence electrons. The minimum atomic E-state index is -0.0835. The summed E-state index contributed by atoms with van der Waals surface area (Å²) >= 11 is 5.85. The number of hydrogen-bond donors (Lipinski definition) is 2. The first-order valence-electron chi connectivity index (χ1n) is 11.2. The van der Waals surface area contributed by atoms with Crippen molar-refractivity contribution < 1.29 is 4.79 Å². The van der Waals surface area contributed by atoms with Gasteiger partial charge in [0.05, 0.1) is 17.8 Å². The number of aromatic nitrogens is 2. The molecule has 4 rings (SSSR count). The highest BCUT2D eigenvalue weighted by molar-refractivity contribution is 7.80. The highest BCUT2D eigenvalue weighted by atomic mass is 32.1. The Morgan fingerprint density at radius 3 is 2.48 bits per heavy atom. The largest absolute Gasteiger partial charge is 0.352 e. The number of hydrogen-bond acceptors (Lipinski definition) is 3. The monoisotopic (exact) mass is 461 g/mol. The fourth-order valence-electron chi connectivity index (χ4n) is 4.35. The lowest BCUT2D eigenvalue weighted by Crippen LogP contribution is -2.29. The molecule has 1 aliphatic rings. The van der Waals surface area contributed by atoms with Gasteiger partial charge in [0, 0.05) is 41.9 Å². The number of amides is 1. The molecule has 0 radical (unpaired) electrons. The predicted octanol–water partition coefficient (Wildman–Crippen LogP) is 5.12. The molecular weight excluding hydrogens is 430 g/mol. The Bertz CT molecular complexity index is 1200. The van der Waals surface area contributed by atoms with Crippen LogP contribution in [0.3, 0.4) is 0 Å². The van der Waals surface area contributed by atoms with Crippen molar-refractivity contribution in [3.63, 3.8) is 0 Å². The maximum absolute atomic E-state index is 12.2. The first-order chi connectivity index (χ1) is 15.7. The molecule has 1 aliphatic heterocycles. The summed E-state index contributed by atoms with van der Waals surface area (Å²) in [6.07, 6.45) is 1.82. The van der Waals surface area contributed by atoms with Gasteiger partial charge in [0.1, 0.15) is 0 Å². The van der Waals surface area contributed by atoms with E-state index >= 15 is 0 Å². The van der Waals surface area contributed by atoms with Crippen LogP contribution in [0.1, 0.15) is 54.1 Å². The molecule has 0 unspecified atom stereocenters. The standard InChI is InChI=1S/C26H31N5OS/c1-15(2)25(32)28-21-11-10-19(13-16(21)3)31-24(20-14-17(4)30(6)18(20)5)23(29-26(31)33)22-9-7-8-12-27-22/h7-15,23-24H,1-6H3,(H,28,32)(H,29,33)/t23-,24+/m1/s1. The van der Waals surface area contributed by atoms with E-state index in [-0.39, 0.29) is 23.9 Å². The number of aryl methyl sites for hydroxylation is 2. The number of rotatable bonds is 5. The van der Waals surface area contributed by atoms with Gasteiger partial charge < -0.3 is 20.1 Å². The Morgan fingerprint density at radius 2 is 1.91 bits per heavy atom. The fraction of sp³-hybridized carbons (Fsp3) is 0.346. The van der Waals surface area contributed by atoms with E-state index in [2.05, 4.69) is 58.1 Å². The van der Waals surface area contributed by atoms with Gasteiger partial charge in [-0.2, -0.15) is 0 Å². The molecule has 1 amide bonds. The molecule has 0 bridgehead atoms. The van der Waals surface area contributed by atoms with Crippen molar-refractivity contribution >= 4 is 34.6 Å². The summed E-state index contributed by atoms with van der Waals surface area (Å²) in [4.78, 5) is 19.0. The molecule has 0 saturated carbocycles. The van der Waals surface area contributed by atoms with Crippen LogP contribution < -0.4 is 15.5 Å². The highest BCUT2D eigenvalue weighted by Gasteiger charge is 2.42. The molecule has 1 saturated heterocycles. The van der Waals surface area contributed by atoms with Crippen molar-refractivity contribution in [2.24, 2.45) is 13.0 Å². The summed E-state index contributed by atoms with van der Waals surface area (Å²) in [5.74, 6) is -0.0695. The molecular formula is C26H31N5OS. The van der Waals surface area contributed by atoms with Gasteiger partial charge in [-0.1, -0.05) is 19.9 Å². The van der Waals surface area contributed by atoms with Crippen LogP contribution in [0.4, 0.5) is 11.4 Å². The SMILES string of the molecule is Cc1cc(N2C(=S)N[C@H](c3ccccn3)[C@@H]2c2cc(C)n(C)c2C)ccc1NC(=O)C(C)C. The van der Waals surface area contributed by atoms with E-state index in [4.69, 9.17) is 12.2 Å². The second-order valence-electron chi connectivity index (χ2n) is 9.03. The zero-order valence-corrected chi connectivity index (χ0v) is 20.8. The number of carbonyl (C=O) groups excluding carboxylic acids is 1. The fourth-order valence-corrected chi connectivity index (χ4v) is 4.69. The number of benzene rings is 1. The van der Waals surface area contributed by atoms with Gasteiger partial charge in [-0.05, 0) is 80.5 Å². The second-order valence-corrected chi connectivity index (χ2v) is 9.41. The van der Waals surface area contributed by atoms with Crippen LogP contribution in [-0.4, -0.2) is 20.6 Å². The predicted molar refractivity (Wildman–Crippen MR) is 137 cm³/mol. The molecule has 0 aliphatic carbocycles. The molecule has 0 spiro atoms. The summed E-state index contributed by atoms with van der Waals surface area (Å²) < 4.78 is 2.21. The van der Waals surface area contributed by atoms with Crippen molar-refractivity contribution in [1.82, 2.24) is 14.9 Å². The third-order valence-electron chi connectivity index (χ3n) is 6.50. The number of nitrogens with one attached hydrogen (secondary N) is 2. The molecule has 3 aromatic rings. The smallest absolute Gasteiger partial charge is 0.226 e. The summed E-state index contributed by atoms with van der Waals surface area (Å²) in [5, 5.41) is 7.20. The van der Waals surface area contributed by atoms with Gasteiger partial charge in [0.2, 0.25) is 5.91 Å². The Balaban J connectivity index is 1.79. The Kier molecular flexibility index (Phi) is 6.26. The summed E-state index contributed by atoms with van der Waals surface area (Å²) in [6, 6.07) is 14.1. The van der Waals surface area contributed by atoms with Crippen LogP contribution in [0.5, 0.6) is 0 Å². The lowest BCUT2D eigenvalue weighted by molar-refractivity contribution is -0.118. The van der Waals surface area contributed by atoms with Crippen molar-refractivity contribution in [2.45, 2.75) is 46.7 Å². The number of anilines is 2. The molecule has 7 heteroatoms. The first kappa shape index (κ1) is 23.0. The van der Waals surface area contributed by atoms with Crippen molar-refractivity contribution in [1.29, 1.82) is 0 Å². The molecule has 2 aromatic heterocycles. The minimum Gasteiger partial charge on any atom is -0.352 e. The Labute approximate surface area is 201 Å². The molecule has 3 heterocycles. The van der Waals surface area contributed by atoms with E-state index in [0.29, 0.717) is 5.11 Å². The van der Waals surface area contributed by atoms with Crippen molar-refractivity contribution in [2.75, 3.05) is 10.2 Å². The summed E-state index contributed by atoms with van der Waals surface area (Å²) in [5.41, 5.74) is 7.36. The average molecular weight is 462 g/mol. The lowest BCUT2D eigenvalue weighted by atomic mass is 9.96. The molecule has 1 aromatic carbocycles. The molecule has 33 heavy (non-hydrogen) atoms. The number of carbonyl (C=O) groups is 1. The van der Waals surface area contributed by atoms with E-state index < -0.39 is 0 Å². The third-order valence-corrected chi connectivity index (χ3v) is 6.82. The molecule has 6 nitrogen and oxygen atoms in total. The van der Waals surface area contributed by atoms with Gasteiger partial charge in [-0.25, -0.2) is 0 Å². The van der Waals surface area contributed by atoms with Crippen LogP contribution >= 0.6 is 12.2 Å². The van der Waals surface area contributed by atoms with Crippen LogP contribution in [0.15, 0.2) is 48.7 Å². The highest BCUT2D eigenvalue weighted by Crippen LogP contribution is 2.43. The van der Waals surface area contributed by atoms with Gasteiger partial charge >= 0.3 is 0 Å². The summed E-state index contributed by atoms with van der Waals surface area (Å²) in [6.45, 7) is 10.1. The minimum absolute atomic E-state index is 0.00712. The second kappa shape index (κ2) is 8.98. The number of thiocarbonyl (C=S) groups is 1. The molecule has 1 fully saturated rings. The Morgan fingerprint density at radius 1 is 1.15 bits per heavy atom. The van der Waals surface area contributed by atoms with Crippen LogP contribution in [0, 0.1) is 26.7 Å². The van der Waals surface area contributed by atoms with Crippen molar-refractivity contribution in [3.05, 3.63) is 76.9 Å². The topological polar surface area (TPSA) is 62.2 Å². The van der Waals surface area contributed by atoms with E-state index in [1.165, 1.54) is 17.0 Å². The molecule has 2 N–H and O–H groups in total. The maximum atomic E-state index is 12.2. The maximum Gasteiger partial charge on any atom is 0.226 e. The summed E-state index contributed by atoms with van der Waals surface area (Å²) in [7, 11) is 2.09. The zero-order valence-electron chi connectivity index (χ0n) is 20.0. The van der Waals surface area contributed by atoms with Gasteiger partial charge in [0.25, 0.3) is 0 Å². The quantitative estimate of drug-likeness (QED) is 0.517. The van der Waals surface area contributed by atoms with E-state index in [1.807, 2.05) is 57.3 Å². The number of nitrogens with zero attached hydrogens (tertiary/aromatic N) is 3. The first-order valence-corrected chi connectivity index (χ1v) is 11.6. The van der Waals surface area contributed by atoms with Crippen molar-refractivity contribution in [3.8, 4) is 0 Å².